The number of carbonyl (C=O) groups excluding carboxylic acids is 5. The average molecular weight is 1150 g/mol. The highest BCUT2D eigenvalue weighted by molar-refractivity contribution is 5.74. The van der Waals surface area contributed by atoms with Gasteiger partial charge in [0.25, 0.3) is 0 Å². The van der Waals surface area contributed by atoms with Gasteiger partial charge in [-0.2, -0.15) is 0 Å². The summed E-state index contributed by atoms with van der Waals surface area (Å²) in [6, 6.07) is 44.5. The minimum atomic E-state index is -2.13. The Balaban J connectivity index is 1.16. The maximum atomic E-state index is 14.2. The van der Waals surface area contributed by atoms with Crippen LogP contribution in [0.4, 0.5) is 0 Å². The van der Waals surface area contributed by atoms with Gasteiger partial charge >= 0.3 is 29.8 Å². The van der Waals surface area contributed by atoms with E-state index in [1.165, 1.54) is 33.5 Å². The lowest BCUT2D eigenvalue weighted by molar-refractivity contribution is -0.298. The van der Waals surface area contributed by atoms with E-state index in [9.17, 15) is 29.1 Å². The number of carbonyl (C=O) groups is 5. The summed E-state index contributed by atoms with van der Waals surface area (Å²) in [5.74, 6) is -3.17. The monoisotopic (exact) mass is 1150 g/mol. The summed E-state index contributed by atoms with van der Waals surface area (Å²) in [7, 11) is 4.13. The fraction of sp³-hybridized carbons (Fsp3) is 0.317. The van der Waals surface area contributed by atoms with Crippen LogP contribution < -0.4 is 42.6 Å². The van der Waals surface area contributed by atoms with Gasteiger partial charge < -0.3 is 85.6 Å². The van der Waals surface area contributed by atoms with Gasteiger partial charge in [-0.05, 0) is 60.7 Å². The molecule has 2 heterocycles. The molecule has 0 spiro atoms. The molecule has 0 radical (unpaired) electrons. The van der Waals surface area contributed by atoms with Gasteiger partial charge in [0.15, 0.2) is 74.7 Å². The molecular weight excluding hydrogens is 1090 g/mol. The van der Waals surface area contributed by atoms with Crippen molar-refractivity contribution in [2.24, 2.45) is 0 Å². The number of hydrogen-bond donors (Lipinski definition) is 1. The minimum Gasteiger partial charge on any atom is -0.493 e. The number of esters is 5. The van der Waals surface area contributed by atoms with E-state index in [1.807, 2.05) is 0 Å². The molecule has 2 fully saturated rings. The third-order valence-corrected chi connectivity index (χ3v) is 12.3. The number of methoxy groups -OCH3 is 3. The fourth-order valence-corrected chi connectivity index (χ4v) is 8.44. The standard InChI is InChI=1S/C60H60O23/c1-67-45-29-44(30-46(68-2)53(45)69-3)77-58-56(81-50(64)34-72-41-23-13-6-14-24-41)55(80-49(63)33-71-40-21-11-5-12-22-40)54(79-48(62)32-70-39-19-9-4-10-20-39)47(78-58)31-75-59-57(82-51(65)35-73-42-25-15-7-16-26-42)60(37-61,38-76-59)83-52(66)36-74-43-27-17-8-18-28-43/h4-30,47,54-59,61H,31-38H2,1-3H3/t47-,54-,55+,56-,57+,58-,59-,60-/m1/s1. The molecule has 6 aromatic rings. The lowest BCUT2D eigenvalue weighted by Gasteiger charge is -2.44. The minimum absolute atomic E-state index is 0.0374. The van der Waals surface area contributed by atoms with Crippen molar-refractivity contribution in [1.82, 2.24) is 0 Å². The van der Waals surface area contributed by atoms with E-state index in [0.29, 0.717) is 28.7 Å². The van der Waals surface area contributed by atoms with Gasteiger partial charge in [0.1, 0.15) is 40.6 Å². The predicted molar refractivity (Wildman–Crippen MR) is 286 cm³/mol. The molecule has 0 aromatic heterocycles. The summed E-state index contributed by atoms with van der Waals surface area (Å²) in [4.78, 5) is 69.5. The largest absolute Gasteiger partial charge is 0.493 e. The van der Waals surface area contributed by atoms with Crippen molar-refractivity contribution in [3.8, 4) is 51.7 Å². The smallest absolute Gasteiger partial charge is 0.345 e. The van der Waals surface area contributed by atoms with Gasteiger partial charge in [0.2, 0.25) is 18.1 Å². The van der Waals surface area contributed by atoms with Gasteiger partial charge in [0.05, 0.1) is 41.2 Å². The highest BCUT2D eigenvalue weighted by atomic mass is 16.8. The summed E-state index contributed by atoms with van der Waals surface area (Å²) in [5, 5.41) is 11.1. The molecular formula is C60H60O23. The Labute approximate surface area is 476 Å². The Morgan fingerprint density at radius 2 is 0.855 bits per heavy atom. The Kier molecular flexibility index (Phi) is 21.6. The topological polar surface area (TPSA) is 262 Å². The number of ether oxygens (including phenoxy) is 17. The first-order valence-electron chi connectivity index (χ1n) is 25.8. The fourth-order valence-electron chi connectivity index (χ4n) is 8.44. The van der Waals surface area contributed by atoms with Crippen LogP contribution in [0.25, 0.3) is 0 Å². The van der Waals surface area contributed by atoms with E-state index in [4.69, 9.17) is 80.5 Å². The second-order valence-electron chi connectivity index (χ2n) is 18.0. The van der Waals surface area contributed by atoms with Crippen molar-refractivity contribution in [1.29, 1.82) is 0 Å². The molecule has 23 nitrogen and oxygen atoms in total. The first-order valence-corrected chi connectivity index (χ1v) is 25.8. The maximum absolute atomic E-state index is 14.2. The van der Waals surface area contributed by atoms with Crippen molar-refractivity contribution in [3.05, 3.63) is 164 Å². The molecule has 8 rings (SSSR count). The van der Waals surface area contributed by atoms with E-state index in [-0.39, 0.29) is 23.0 Å². The SMILES string of the molecule is COc1cc(O[C@@H]2O[C@H](CO[C@@H]3OC[C@@](CO)(OC(=O)COc4ccccc4)[C@H]3OC(=O)COc3ccccc3)[C@@H](OC(=O)COc3ccccc3)[C@H](OC(=O)COc3ccccc3)[C@H]2OC(=O)COc2ccccc2)cc(OC)c1OC. The van der Waals surface area contributed by atoms with Crippen LogP contribution in [-0.2, 0) is 61.9 Å². The molecule has 0 amide bonds. The summed E-state index contributed by atoms with van der Waals surface area (Å²) in [5.41, 5.74) is -2.13. The van der Waals surface area contributed by atoms with Gasteiger partial charge in [-0.15, -0.1) is 0 Å². The Morgan fingerprint density at radius 3 is 1.25 bits per heavy atom. The summed E-state index contributed by atoms with van der Waals surface area (Å²) in [6.45, 7) is -5.75. The number of aliphatic hydroxyl groups excluding tert-OH is 1. The second-order valence-corrected chi connectivity index (χ2v) is 18.0. The Hall–Kier alpha value is -9.29. The lowest BCUT2D eigenvalue weighted by Crippen LogP contribution is -2.64. The van der Waals surface area contributed by atoms with E-state index in [2.05, 4.69) is 0 Å². The van der Waals surface area contributed by atoms with Gasteiger partial charge in [0, 0.05) is 12.1 Å². The molecule has 0 unspecified atom stereocenters. The molecule has 0 saturated carbocycles. The number of benzene rings is 6. The quantitative estimate of drug-likeness (QED) is 0.0448. The zero-order valence-electron chi connectivity index (χ0n) is 45.2. The number of rotatable bonds is 29. The average Bonchev–Trinajstić information content (AvgIpc) is 4.15. The third-order valence-electron chi connectivity index (χ3n) is 12.3. The zero-order valence-corrected chi connectivity index (χ0v) is 45.2. The van der Waals surface area contributed by atoms with Crippen LogP contribution in [0.5, 0.6) is 51.7 Å². The summed E-state index contributed by atoms with van der Waals surface area (Å²) >= 11 is 0. The van der Waals surface area contributed by atoms with E-state index in [0.717, 1.165) is 0 Å². The zero-order chi connectivity index (χ0) is 58.4. The lowest BCUT2D eigenvalue weighted by atomic mass is 9.97. The summed E-state index contributed by atoms with van der Waals surface area (Å²) < 4.78 is 101. The van der Waals surface area contributed by atoms with Crippen LogP contribution in [-0.4, -0.2) is 158 Å². The van der Waals surface area contributed by atoms with Crippen molar-refractivity contribution in [2.75, 3.05) is 74.2 Å². The van der Waals surface area contributed by atoms with Crippen molar-refractivity contribution < 1.29 is 110 Å². The molecule has 2 aliphatic heterocycles. The van der Waals surface area contributed by atoms with Crippen molar-refractivity contribution >= 4 is 29.8 Å². The molecule has 6 aromatic carbocycles. The highest BCUT2D eigenvalue weighted by Crippen LogP contribution is 2.42. The molecule has 83 heavy (non-hydrogen) atoms. The first-order chi connectivity index (χ1) is 40.5. The van der Waals surface area contributed by atoms with E-state index < -0.39 is 131 Å². The molecule has 2 saturated heterocycles. The van der Waals surface area contributed by atoms with Crippen molar-refractivity contribution in [3.63, 3.8) is 0 Å². The van der Waals surface area contributed by atoms with Gasteiger partial charge in [-0.1, -0.05) is 91.0 Å². The number of hydrogen-bond acceptors (Lipinski definition) is 23. The summed E-state index contributed by atoms with van der Waals surface area (Å²) in [6.07, 6.45) is -12.5. The van der Waals surface area contributed by atoms with Gasteiger partial charge in [-0.25, -0.2) is 24.0 Å². The van der Waals surface area contributed by atoms with E-state index >= 15 is 0 Å². The molecule has 2 aliphatic rings. The molecule has 1 N–H and O–H groups in total. The van der Waals surface area contributed by atoms with Crippen LogP contribution in [0.2, 0.25) is 0 Å². The van der Waals surface area contributed by atoms with Crippen LogP contribution in [0.15, 0.2) is 164 Å². The molecule has 0 bridgehead atoms. The maximum Gasteiger partial charge on any atom is 0.345 e. The van der Waals surface area contributed by atoms with Crippen LogP contribution >= 0.6 is 0 Å². The normalized spacial score (nSPS) is 20.7. The number of para-hydroxylation sites is 5. The Morgan fingerprint density at radius 1 is 0.470 bits per heavy atom. The molecule has 0 aliphatic carbocycles. The highest BCUT2D eigenvalue weighted by Gasteiger charge is 2.58. The molecule has 8 atom stereocenters. The van der Waals surface area contributed by atoms with Crippen molar-refractivity contribution in [2.45, 2.75) is 48.7 Å². The first kappa shape index (κ1) is 59.8. The van der Waals surface area contributed by atoms with Crippen LogP contribution in [0.3, 0.4) is 0 Å². The van der Waals surface area contributed by atoms with Crippen LogP contribution in [0, 0.1) is 0 Å². The number of aliphatic hydroxyl groups is 1. The third kappa shape index (κ3) is 16.9. The van der Waals surface area contributed by atoms with Gasteiger partial charge in [-0.3, -0.25) is 0 Å². The Bertz CT molecular complexity index is 2980. The van der Waals surface area contributed by atoms with E-state index in [1.54, 1.807) is 152 Å². The predicted octanol–water partition coefficient (Wildman–Crippen LogP) is 5.51. The van der Waals surface area contributed by atoms with Crippen LogP contribution in [0.1, 0.15) is 0 Å². The molecule has 438 valence electrons. The molecule has 23 heteroatoms. The second kappa shape index (κ2) is 30.0.